The second-order valence-electron chi connectivity index (χ2n) is 4.14. The molecule has 1 heterocycles. The monoisotopic (exact) mass is 247 g/mol. The molecule has 1 aliphatic heterocycles. The van der Waals surface area contributed by atoms with Gasteiger partial charge in [0.1, 0.15) is 6.61 Å². The molecule has 2 rings (SSSR count). The Hall–Kier alpha value is -1.88. The molecule has 0 aromatic heterocycles. The first-order chi connectivity index (χ1) is 8.74. The van der Waals surface area contributed by atoms with Crippen LogP contribution < -0.4 is 10.4 Å². The highest BCUT2D eigenvalue weighted by atomic mass is 16.6. The van der Waals surface area contributed by atoms with E-state index in [1.54, 1.807) is 0 Å². The van der Waals surface area contributed by atoms with Crippen molar-refractivity contribution in [1.29, 1.82) is 0 Å². The molecule has 5 nitrogen and oxygen atoms in total. The minimum atomic E-state index is -0.162. The highest BCUT2D eigenvalue weighted by molar-refractivity contribution is 6.47. The van der Waals surface area contributed by atoms with Gasteiger partial charge in [-0.2, -0.15) is 0 Å². The van der Waals surface area contributed by atoms with E-state index < -0.39 is 0 Å². The van der Waals surface area contributed by atoms with Crippen LogP contribution in [0, 0.1) is 0 Å². The van der Waals surface area contributed by atoms with Crippen LogP contribution in [0.2, 0.25) is 0 Å². The molecule has 1 unspecified atom stereocenters. The molecule has 5 heteroatoms. The third-order valence-corrected chi connectivity index (χ3v) is 2.63. The summed E-state index contributed by atoms with van der Waals surface area (Å²) in [4.78, 5) is 17.3. The van der Waals surface area contributed by atoms with Gasteiger partial charge in [-0.25, -0.2) is 10.4 Å². The van der Waals surface area contributed by atoms with E-state index >= 15 is 0 Å². The second kappa shape index (κ2) is 5.64. The summed E-state index contributed by atoms with van der Waals surface area (Å²) in [6.07, 6.45) is 0.870. The van der Waals surface area contributed by atoms with Crippen molar-refractivity contribution in [2.24, 2.45) is 5.16 Å². The maximum absolute atomic E-state index is 12.2. The highest BCUT2D eigenvalue weighted by Gasteiger charge is 2.35. The lowest BCUT2D eigenvalue weighted by Crippen LogP contribution is -2.36. The van der Waals surface area contributed by atoms with E-state index in [0.29, 0.717) is 12.3 Å². The Balaban J connectivity index is 2.14. The zero-order chi connectivity index (χ0) is 13.0. The van der Waals surface area contributed by atoms with Gasteiger partial charge in [0.25, 0.3) is 5.91 Å². The van der Waals surface area contributed by atoms with Crippen LogP contribution in [0.15, 0.2) is 35.5 Å². The number of hydrogen-bond acceptors (Lipinski definition) is 4. The molecule has 0 bridgehead atoms. The number of anilines is 1. The van der Waals surface area contributed by atoms with Gasteiger partial charge < -0.3 is 4.84 Å². The summed E-state index contributed by atoms with van der Waals surface area (Å²) in [6, 6.07) is 9.28. The maximum atomic E-state index is 12.2. The number of benzene rings is 1. The highest BCUT2D eigenvalue weighted by Crippen LogP contribution is 2.17. The number of nitrogens with one attached hydrogen (secondary N) is 1. The van der Waals surface area contributed by atoms with Gasteiger partial charge in [0.05, 0.1) is 11.7 Å². The van der Waals surface area contributed by atoms with Crippen molar-refractivity contribution in [3.63, 3.8) is 0 Å². The van der Waals surface area contributed by atoms with Crippen molar-refractivity contribution >= 4 is 17.3 Å². The van der Waals surface area contributed by atoms with E-state index in [9.17, 15) is 4.79 Å². The molecule has 1 N–H and O–H groups in total. The lowest BCUT2D eigenvalue weighted by atomic mass is 10.2. The number of rotatable bonds is 4. The van der Waals surface area contributed by atoms with Gasteiger partial charge in [-0.05, 0) is 25.5 Å². The third kappa shape index (κ3) is 2.51. The first kappa shape index (κ1) is 12.6. The Bertz CT molecular complexity index is 445. The van der Waals surface area contributed by atoms with Gasteiger partial charge in [0, 0.05) is 0 Å². The van der Waals surface area contributed by atoms with E-state index in [0.717, 1.165) is 12.1 Å². The van der Waals surface area contributed by atoms with Gasteiger partial charge in [-0.1, -0.05) is 30.3 Å². The minimum absolute atomic E-state index is 0.144. The molecule has 1 saturated heterocycles. The van der Waals surface area contributed by atoms with Crippen LogP contribution >= 0.6 is 0 Å². The van der Waals surface area contributed by atoms with Crippen LogP contribution in [0.4, 0.5) is 5.69 Å². The van der Waals surface area contributed by atoms with Crippen molar-refractivity contribution in [3.8, 4) is 0 Å². The Kier molecular flexibility index (Phi) is 3.94. The molecule has 0 saturated carbocycles. The maximum Gasteiger partial charge on any atom is 0.292 e. The molecular formula is C13H17N3O2. The Labute approximate surface area is 106 Å². The van der Waals surface area contributed by atoms with Crippen molar-refractivity contribution < 1.29 is 9.63 Å². The Morgan fingerprint density at radius 2 is 2.11 bits per heavy atom. The van der Waals surface area contributed by atoms with Crippen molar-refractivity contribution in [3.05, 3.63) is 30.3 Å². The van der Waals surface area contributed by atoms with Gasteiger partial charge in [-0.15, -0.1) is 0 Å². The van der Waals surface area contributed by atoms with E-state index in [1.807, 2.05) is 44.2 Å². The molecule has 0 spiro atoms. The summed E-state index contributed by atoms with van der Waals surface area (Å²) in [5, 5.41) is 5.41. The predicted molar refractivity (Wildman–Crippen MR) is 70.2 cm³/mol. The average Bonchev–Trinajstić information content (AvgIpc) is 2.68. The lowest BCUT2D eigenvalue weighted by Gasteiger charge is -2.15. The van der Waals surface area contributed by atoms with E-state index in [1.165, 1.54) is 5.01 Å². The summed E-state index contributed by atoms with van der Waals surface area (Å²) >= 11 is 0. The number of carbonyl (C=O) groups excluding carboxylic acids is 1. The van der Waals surface area contributed by atoms with E-state index in [4.69, 9.17) is 4.84 Å². The number of para-hydroxylation sites is 1. The second-order valence-corrected chi connectivity index (χ2v) is 4.14. The molecular weight excluding hydrogens is 230 g/mol. The standard InChI is InChI=1S/C13H17N3O2/c1-3-9-18-15-12-10(2)14-16(13(12)17)11-7-5-4-6-8-11/h4-8,10,14H,3,9H2,1-2H3. The van der Waals surface area contributed by atoms with Crippen molar-refractivity contribution in [1.82, 2.24) is 5.43 Å². The normalized spacial score (nSPS) is 21.7. The van der Waals surface area contributed by atoms with Crippen LogP contribution in [-0.2, 0) is 9.63 Å². The van der Waals surface area contributed by atoms with Gasteiger partial charge in [-0.3, -0.25) is 4.79 Å². The van der Waals surface area contributed by atoms with Crippen LogP contribution in [0.25, 0.3) is 0 Å². The molecule has 1 aromatic carbocycles. The molecule has 0 radical (unpaired) electrons. The molecule has 1 amide bonds. The predicted octanol–water partition coefficient (Wildman–Crippen LogP) is 1.71. The van der Waals surface area contributed by atoms with E-state index in [2.05, 4.69) is 10.6 Å². The summed E-state index contributed by atoms with van der Waals surface area (Å²) in [5.74, 6) is -0.162. The van der Waals surface area contributed by atoms with Crippen LogP contribution in [0.1, 0.15) is 20.3 Å². The zero-order valence-electron chi connectivity index (χ0n) is 10.6. The topological polar surface area (TPSA) is 53.9 Å². The summed E-state index contributed by atoms with van der Waals surface area (Å²) in [7, 11) is 0. The molecule has 1 aromatic rings. The minimum Gasteiger partial charge on any atom is -0.395 e. The molecule has 1 aliphatic rings. The number of carbonyl (C=O) groups is 1. The molecule has 96 valence electrons. The molecule has 1 fully saturated rings. The fourth-order valence-electron chi connectivity index (χ4n) is 1.71. The van der Waals surface area contributed by atoms with Gasteiger partial charge in [0.2, 0.25) is 0 Å². The number of nitrogens with zero attached hydrogens (tertiary/aromatic N) is 2. The van der Waals surface area contributed by atoms with Crippen molar-refractivity contribution in [2.75, 3.05) is 11.6 Å². The number of hydrazine groups is 1. The Morgan fingerprint density at radius 3 is 2.78 bits per heavy atom. The third-order valence-electron chi connectivity index (χ3n) is 2.63. The van der Waals surface area contributed by atoms with Gasteiger partial charge in [0.15, 0.2) is 5.71 Å². The first-order valence-electron chi connectivity index (χ1n) is 6.09. The smallest absolute Gasteiger partial charge is 0.292 e. The van der Waals surface area contributed by atoms with Crippen LogP contribution in [0.3, 0.4) is 0 Å². The number of hydrogen-bond donors (Lipinski definition) is 1. The quantitative estimate of drug-likeness (QED) is 0.651. The molecule has 18 heavy (non-hydrogen) atoms. The average molecular weight is 247 g/mol. The SMILES string of the molecule is CCCON=C1C(=O)N(c2ccccc2)NC1C. The first-order valence-corrected chi connectivity index (χ1v) is 6.09. The van der Waals surface area contributed by atoms with Crippen LogP contribution in [-0.4, -0.2) is 24.3 Å². The molecule has 0 aliphatic carbocycles. The summed E-state index contributed by atoms with van der Waals surface area (Å²) < 4.78 is 0. The van der Waals surface area contributed by atoms with Crippen molar-refractivity contribution in [2.45, 2.75) is 26.3 Å². The van der Waals surface area contributed by atoms with Crippen LogP contribution in [0.5, 0.6) is 0 Å². The Morgan fingerprint density at radius 1 is 1.39 bits per heavy atom. The zero-order valence-corrected chi connectivity index (χ0v) is 10.6. The lowest BCUT2D eigenvalue weighted by molar-refractivity contribution is -0.112. The number of amides is 1. The largest absolute Gasteiger partial charge is 0.395 e. The number of oxime groups is 1. The molecule has 1 atom stereocenters. The summed E-state index contributed by atoms with van der Waals surface area (Å²) in [6.45, 7) is 4.40. The van der Waals surface area contributed by atoms with E-state index in [-0.39, 0.29) is 11.9 Å². The van der Waals surface area contributed by atoms with Gasteiger partial charge >= 0.3 is 0 Å². The fraction of sp³-hybridized carbons (Fsp3) is 0.385. The fourth-order valence-corrected chi connectivity index (χ4v) is 1.71. The summed E-state index contributed by atoms with van der Waals surface area (Å²) in [5.41, 5.74) is 4.28.